The molecule has 0 spiro atoms. The van der Waals surface area contributed by atoms with E-state index in [1.807, 2.05) is 0 Å². The van der Waals surface area contributed by atoms with Crippen molar-refractivity contribution in [2.24, 2.45) is 14.1 Å². The predicted octanol–water partition coefficient (Wildman–Crippen LogP) is -0.361. The van der Waals surface area contributed by atoms with Crippen LogP contribution in [0.1, 0.15) is 16.1 Å². The molecule has 1 N–H and O–H groups in total. The van der Waals surface area contributed by atoms with Crippen LogP contribution in [0.3, 0.4) is 0 Å². The number of hydrogen-bond donors (Lipinski definition) is 1. The van der Waals surface area contributed by atoms with Crippen LogP contribution in [-0.2, 0) is 14.1 Å². The molecule has 18 heavy (non-hydrogen) atoms. The molecule has 2 rings (SSSR count). The number of carboxylic acids is 1. The van der Waals surface area contributed by atoms with Gasteiger partial charge in [-0.2, -0.15) is 0 Å². The van der Waals surface area contributed by atoms with Gasteiger partial charge < -0.3 is 5.11 Å². The first kappa shape index (κ1) is 12.0. The number of aromatic nitrogens is 3. The first-order valence-corrected chi connectivity index (χ1v) is 5.15. The van der Waals surface area contributed by atoms with Crippen LogP contribution in [0.25, 0.3) is 11.0 Å². The SMILES string of the molecule is Cc1cc(C(=O)O)nc2c1c(=O)n(C)c(=O)n2C. The normalized spacial score (nSPS) is 10.8. The van der Waals surface area contributed by atoms with E-state index in [1.54, 1.807) is 6.92 Å². The van der Waals surface area contributed by atoms with Gasteiger partial charge in [-0.3, -0.25) is 13.9 Å². The summed E-state index contributed by atoms with van der Waals surface area (Å²) in [5.41, 5.74) is -0.644. The highest BCUT2D eigenvalue weighted by atomic mass is 16.4. The molecule has 0 unspecified atom stereocenters. The molecule has 0 atom stereocenters. The third-order valence-electron chi connectivity index (χ3n) is 2.83. The molecule has 2 heterocycles. The number of rotatable bonds is 1. The summed E-state index contributed by atoms with van der Waals surface area (Å²) in [5.74, 6) is -1.20. The molecular formula is C11H11N3O4. The quantitative estimate of drug-likeness (QED) is 0.744. The molecule has 0 bridgehead atoms. The molecule has 7 nitrogen and oxygen atoms in total. The van der Waals surface area contributed by atoms with Crippen molar-refractivity contribution in [3.05, 3.63) is 38.2 Å². The minimum absolute atomic E-state index is 0.0838. The van der Waals surface area contributed by atoms with Gasteiger partial charge in [-0.25, -0.2) is 14.6 Å². The number of nitrogens with zero attached hydrogens (tertiary/aromatic N) is 3. The Bertz CT molecular complexity index is 785. The van der Waals surface area contributed by atoms with Crippen LogP contribution in [-0.4, -0.2) is 25.2 Å². The molecule has 0 aliphatic rings. The smallest absolute Gasteiger partial charge is 0.354 e. The Hall–Kier alpha value is -2.44. The lowest BCUT2D eigenvalue weighted by molar-refractivity contribution is 0.0690. The van der Waals surface area contributed by atoms with Gasteiger partial charge in [0.15, 0.2) is 11.3 Å². The Labute approximate surface area is 101 Å². The average molecular weight is 249 g/mol. The van der Waals surface area contributed by atoms with E-state index in [9.17, 15) is 14.4 Å². The zero-order chi connectivity index (χ0) is 13.6. The molecule has 0 saturated heterocycles. The summed E-state index contributed by atoms with van der Waals surface area (Å²) in [6.45, 7) is 1.61. The van der Waals surface area contributed by atoms with E-state index in [1.165, 1.54) is 20.2 Å². The van der Waals surface area contributed by atoms with Crippen molar-refractivity contribution < 1.29 is 9.90 Å². The van der Waals surface area contributed by atoms with E-state index in [2.05, 4.69) is 4.98 Å². The lowest BCUT2D eigenvalue weighted by Crippen LogP contribution is -2.37. The van der Waals surface area contributed by atoms with Crippen molar-refractivity contribution in [1.29, 1.82) is 0 Å². The number of aromatic carboxylic acids is 1. The van der Waals surface area contributed by atoms with Gasteiger partial charge in [0.05, 0.1) is 5.39 Å². The lowest BCUT2D eigenvalue weighted by Gasteiger charge is -2.09. The fraction of sp³-hybridized carbons (Fsp3) is 0.273. The van der Waals surface area contributed by atoms with Crippen molar-refractivity contribution in [2.75, 3.05) is 0 Å². The van der Waals surface area contributed by atoms with Crippen LogP contribution in [0.4, 0.5) is 0 Å². The second-order valence-corrected chi connectivity index (χ2v) is 4.03. The fourth-order valence-electron chi connectivity index (χ4n) is 1.84. The Morgan fingerprint density at radius 2 is 1.89 bits per heavy atom. The van der Waals surface area contributed by atoms with E-state index < -0.39 is 17.2 Å². The van der Waals surface area contributed by atoms with E-state index in [-0.39, 0.29) is 16.7 Å². The first-order valence-electron chi connectivity index (χ1n) is 5.15. The molecule has 2 aromatic rings. The van der Waals surface area contributed by atoms with Crippen molar-refractivity contribution in [1.82, 2.24) is 14.1 Å². The molecule has 7 heteroatoms. The number of aryl methyl sites for hydroxylation is 2. The zero-order valence-corrected chi connectivity index (χ0v) is 10.1. The fourth-order valence-corrected chi connectivity index (χ4v) is 1.84. The van der Waals surface area contributed by atoms with Gasteiger partial charge >= 0.3 is 11.7 Å². The monoisotopic (exact) mass is 249 g/mol. The highest BCUT2D eigenvalue weighted by Gasteiger charge is 2.15. The minimum Gasteiger partial charge on any atom is -0.477 e. The largest absolute Gasteiger partial charge is 0.477 e. The van der Waals surface area contributed by atoms with Crippen LogP contribution in [0, 0.1) is 6.92 Å². The Morgan fingerprint density at radius 1 is 1.28 bits per heavy atom. The second kappa shape index (κ2) is 3.80. The van der Waals surface area contributed by atoms with Gasteiger partial charge in [0.2, 0.25) is 0 Å². The van der Waals surface area contributed by atoms with Gasteiger partial charge in [-0.1, -0.05) is 0 Å². The van der Waals surface area contributed by atoms with Gasteiger partial charge in [0.25, 0.3) is 5.56 Å². The summed E-state index contributed by atoms with van der Waals surface area (Å²) >= 11 is 0. The van der Waals surface area contributed by atoms with Crippen molar-refractivity contribution in [2.45, 2.75) is 6.92 Å². The van der Waals surface area contributed by atoms with Gasteiger partial charge in [-0.05, 0) is 18.6 Å². The zero-order valence-electron chi connectivity index (χ0n) is 10.1. The highest BCUT2D eigenvalue weighted by molar-refractivity contribution is 5.90. The second-order valence-electron chi connectivity index (χ2n) is 4.03. The topological polar surface area (TPSA) is 94.2 Å². The van der Waals surface area contributed by atoms with Crippen molar-refractivity contribution in [3.8, 4) is 0 Å². The Kier molecular flexibility index (Phi) is 2.54. The molecule has 0 amide bonds. The number of pyridine rings is 1. The van der Waals surface area contributed by atoms with E-state index in [4.69, 9.17) is 5.11 Å². The van der Waals surface area contributed by atoms with Gasteiger partial charge in [-0.15, -0.1) is 0 Å². The Morgan fingerprint density at radius 3 is 2.44 bits per heavy atom. The van der Waals surface area contributed by atoms with Gasteiger partial charge in [0, 0.05) is 14.1 Å². The van der Waals surface area contributed by atoms with E-state index in [0.717, 1.165) is 9.13 Å². The average Bonchev–Trinajstić information content (AvgIpc) is 2.32. The van der Waals surface area contributed by atoms with Crippen LogP contribution < -0.4 is 11.2 Å². The number of hydrogen-bond acceptors (Lipinski definition) is 4. The number of carboxylic acid groups (broad SMARTS) is 1. The van der Waals surface area contributed by atoms with E-state index in [0.29, 0.717) is 5.56 Å². The number of carbonyl (C=O) groups is 1. The summed E-state index contributed by atoms with van der Waals surface area (Å²) in [5, 5.41) is 9.17. The maximum atomic E-state index is 12.0. The molecule has 0 fully saturated rings. The molecule has 2 aromatic heterocycles. The van der Waals surface area contributed by atoms with Gasteiger partial charge in [0.1, 0.15) is 0 Å². The van der Waals surface area contributed by atoms with Crippen LogP contribution >= 0.6 is 0 Å². The van der Waals surface area contributed by atoms with Crippen LogP contribution in [0.15, 0.2) is 15.7 Å². The maximum Gasteiger partial charge on any atom is 0.354 e. The third-order valence-corrected chi connectivity index (χ3v) is 2.83. The molecule has 94 valence electrons. The van der Waals surface area contributed by atoms with Crippen molar-refractivity contribution in [3.63, 3.8) is 0 Å². The molecule has 0 saturated carbocycles. The third kappa shape index (κ3) is 1.52. The summed E-state index contributed by atoms with van der Waals surface area (Å²) in [6.07, 6.45) is 0. The summed E-state index contributed by atoms with van der Waals surface area (Å²) < 4.78 is 2.13. The molecule has 0 aromatic carbocycles. The first-order chi connectivity index (χ1) is 8.34. The molecule has 0 radical (unpaired) electrons. The summed E-state index contributed by atoms with van der Waals surface area (Å²) in [7, 11) is 2.82. The summed E-state index contributed by atoms with van der Waals surface area (Å²) in [6, 6.07) is 1.32. The maximum absolute atomic E-state index is 12.0. The van der Waals surface area contributed by atoms with E-state index >= 15 is 0 Å². The molecule has 0 aliphatic carbocycles. The standard InChI is InChI=1S/C11H11N3O4/c1-5-4-6(10(16)17)12-8-7(5)9(15)14(3)11(18)13(8)2/h4H,1-3H3,(H,16,17). The summed E-state index contributed by atoms with van der Waals surface area (Å²) in [4.78, 5) is 38.5. The van der Waals surface area contributed by atoms with Crippen LogP contribution in [0.5, 0.6) is 0 Å². The van der Waals surface area contributed by atoms with Crippen LogP contribution in [0.2, 0.25) is 0 Å². The Balaban J connectivity index is 3.12. The number of fused-ring (bicyclic) bond motifs is 1. The molecular weight excluding hydrogens is 238 g/mol. The highest BCUT2D eigenvalue weighted by Crippen LogP contribution is 2.12. The predicted molar refractivity (Wildman–Crippen MR) is 63.9 cm³/mol. The van der Waals surface area contributed by atoms with Crippen molar-refractivity contribution >= 4 is 17.0 Å². The minimum atomic E-state index is -1.20. The molecule has 0 aliphatic heterocycles. The lowest BCUT2D eigenvalue weighted by atomic mass is 10.1.